The Kier molecular flexibility index (Phi) is 4.90. The minimum atomic E-state index is -0.911. The van der Waals surface area contributed by atoms with Crippen LogP contribution in [0.2, 0.25) is 0 Å². The Morgan fingerprint density at radius 1 is 1.47 bits per heavy atom. The topological polar surface area (TPSA) is 65.5 Å². The van der Waals surface area contributed by atoms with E-state index in [4.69, 9.17) is 0 Å². The minimum absolute atomic E-state index is 0.242. The number of carbonyl (C=O) groups is 1. The quantitative estimate of drug-likeness (QED) is 0.881. The zero-order chi connectivity index (χ0) is 13.8. The Labute approximate surface area is 117 Å². The molecule has 1 fully saturated rings. The Morgan fingerprint density at radius 2 is 2.26 bits per heavy atom. The lowest BCUT2D eigenvalue weighted by atomic mass is 10.2. The SMILES string of the molecule is CC(C)c1nc(C(=O)O)c(CN2CCCNCC2)s1. The van der Waals surface area contributed by atoms with Crippen LogP contribution < -0.4 is 5.32 Å². The molecule has 2 heterocycles. The van der Waals surface area contributed by atoms with Crippen LogP contribution in [-0.2, 0) is 6.54 Å². The van der Waals surface area contributed by atoms with Crippen LogP contribution in [0.25, 0.3) is 0 Å². The van der Waals surface area contributed by atoms with Gasteiger partial charge in [0.15, 0.2) is 5.69 Å². The second-order valence-corrected chi connectivity index (χ2v) is 6.28. The average Bonchev–Trinajstić information content (AvgIpc) is 2.60. The van der Waals surface area contributed by atoms with Crippen molar-refractivity contribution in [1.82, 2.24) is 15.2 Å². The number of hydrogen-bond acceptors (Lipinski definition) is 5. The number of nitrogens with zero attached hydrogens (tertiary/aromatic N) is 2. The van der Waals surface area contributed by atoms with Crippen LogP contribution in [-0.4, -0.2) is 47.1 Å². The zero-order valence-corrected chi connectivity index (χ0v) is 12.3. The summed E-state index contributed by atoms with van der Waals surface area (Å²) in [5.74, 6) is -0.631. The van der Waals surface area contributed by atoms with Crippen molar-refractivity contribution in [2.24, 2.45) is 0 Å². The second kappa shape index (κ2) is 6.45. The lowest BCUT2D eigenvalue weighted by molar-refractivity contribution is 0.0689. The molecule has 0 radical (unpaired) electrons. The lowest BCUT2D eigenvalue weighted by Crippen LogP contribution is -2.27. The highest BCUT2D eigenvalue weighted by molar-refractivity contribution is 7.12. The summed E-state index contributed by atoms with van der Waals surface area (Å²) in [6.45, 7) is 8.79. The van der Waals surface area contributed by atoms with Crippen LogP contribution >= 0.6 is 11.3 Å². The fourth-order valence-corrected chi connectivity index (χ4v) is 3.26. The van der Waals surface area contributed by atoms with Gasteiger partial charge < -0.3 is 10.4 Å². The highest BCUT2D eigenvalue weighted by atomic mass is 32.1. The van der Waals surface area contributed by atoms with Crippen LogP contribution in [0.4, 0.5) is 0 Å². The number of aromatic nitrogens is 1. The largest absolute Gasteiger partial charge is 0.476 e. The molecule has 1 aliphatic heterocycles. The molecule has 6 heteroatoms. The summed E-state index contributed by atoms with van der Waals surface area (Å²) in [7, 11) is 0. The minimum Gasteiger partial charge on any atom is -0.476 e. The molecule has 0 saturated carbocycles. The third-order valence-electron chi connectivity index (χ3n) is 3.21. The predicted molar refractivity (Wildman–Crippen MR) is 75.9 cm³/mol. The van der Waals surface area contributed by atoms with Crippen LogP contribution in [0.3, 0.4) is 0 Å². The predicted octanol–water partition coefficient (Wildman–Crippen LogP) is 1.76. The fourth-order valence-electron chi connectivity index (χ4n) is 2.15. The molecule has 0 atom stereocenters. The smallest absolute Gasteiger partial charge is 0.355 e. The summed E-state index contributed by atoms with van der Waals surface area (Å²) in [6, 6.07) is 0. The first kappa shape index (κ1) is 14.4. The highest BCUT2D eigenvalue weighted by Gasteiger charge is 2.21. The van der Waals surface area contributed by atoms with Gasteiger partial charge in [-0.2, -0.15) is 0 Å². The van der Waals surface area contributed by atoms with Crippen molar-refractivity contribution in [2.75, 3.05) is 26.2 Å². The Morgan fingerprint density at radius 3 is 2.95 bits per heavy atom. The average molecular weight is 283 g/mol. The summed E-state index contributed by atoms with van der Waals surface area (Å²) in [6.07, 6.45) is 1.11. The van der Waals surface area contributed by atoms with E-state index >= 15 is 0 Å². The van der Waals surface area contributed by atoms with Crippen molar-refractivity contribution in [1.29, 1.82) is 0 Å². The van der Waals surface area contributed by atoms with E-state index in [0.29, 0.717) is 6.54 Å². The van der Waals surface area contributed by atoms with Gasteiger partial charge in [-0.25, -0.2) is 9.78 Å². The molecule has 1 aliphatic rings. The van der Waals surface area contributed by atoms with Crippen LogP contribution in [0.5, 0.6) is 0 Å². The maximum atomic E-state index is 11.3. The third-order valence-corrected chi connectivity index (χ3v) is 4.55. The van der Waals surface area contributed by atoms with E-state index in [0.717, 1.165) is 42.5 Å². The van der Waals surface area contributed by atoms with Gasteiger partial charge in [-0.1, -0.05) is 13.8 Å². The molecule has 1 aromatic rings. The lowest BCUT2D eigenvalue weighted by Gasteiger charge is -2.18. The van der Waals surface area contributed by atoms with Gasteiger partial charge in [0.05, 0.1) is 9.88 Å². The molecule has 0 aliphatic carbocycles. The molecule has 5 nitrogen and oxygen atoms in total. The van der Waals surface area contributed by atoms with E-state index < -0.39 is 5.97 Å². The van der Waals surface area contributed by atoms with Gasteiger partial charge in [-0.15, -0.1) is 11.3 Å². The number of aromatic carboxylic acids is 1. The molecule has 19 heavy (non-hydrogen) atoms. The molecular formula is C13H21N3O2S. The Hall–Kier alpha value is -0.980. The first-order valence-corrected chi connectivity index (χ1v) is 7.55. The fraction of sp³-hybridized carbons (Fsp3) is 0.692. The molecule has 2 N–H and O–H groups in total. The molecule has 2 rings (SSSR count). The summed E-state index contributed by atoms with van der Waals surface area (Å²) in [5.41, 5.74) is 0.242. The van der Waals surface area contributed by atoms with Gasteiger partial charge in [0.2, 0.25) is 0 Å². The molecule has 0 aromatic carbocycles. The van der Waals surface area contributed by atoms with Crippen molar-refractivity contribution in [3.8, 4) is 0 Å². The van der Waals surface area contributed by atoms with Gasteiger partial charge in [0.25, 0.3) is 0 Å². The van der Waals surface area contributed by atoms with Crippen molar-refractivity contribution in [3.63, 3.8) is 0 Å². The van der Waals surface area contributed by atoms with E-state index in [1.54, 1.807) is 11.3 Å². The second-order valence-electron chi connectivity index (χ2n) is 5.16. The number of thiazole rings is 1. The summed E-state index contributed by atoms with van der Waals surface area (Å²) in [5, 5.41) is 13.5. The number of rotatable bonds is 4. The van der Waals surface area contributed by atoms with E-state index in [-0.39, 0.29) is 11.6 Å². The molecule has 0 spiro atoms. The maximum Gasteiger partial charge on any atom is 0.355 e. The Bertz CT molecular complexity index is 437. The molecule has 1 aromatic heterocycles. The zero-order valence-electron chi connectivity index (χ0n) is 11.5. The Balaban J connectivity index is 2.15. The van der Waals surface area contributed by atoms with Gasteiger partial charge in [-0.05, 0) is 19.5 Å². The van der Waals surface area contributed by atoms with Gasteiger partial charge in [0.1, 0.15) is 0 Å². The first-order chi connectivity index (χ1) is 9.08. The molecular weight excluding hydrogens is 262 g/mol. The van der Waals surface area contributed by atoms with Crippen molar-refractivity contribution in [2.45, 2.75) is 32.7 Å². The summed E-state index contributed by atoms with van der Waals surface area (Å²) in [4.78, 5) is 18.8. The normalized spacial score (nSPS) is 17.6. The van der Waals surface area contributed by atoms with Crippen molar-refractivity contribution >= 4 is 17.3 Å². The standard InChI is InChI=1S/C13H21N3O2S/c1-9(2)12-15-11(13(17)18)10(19-12)8-16-6-3-4-14-5-7-16/h9,14H,3-8H2,1-2H3,(H,17,18). The third kappa shape index (κ3) is 3.75. The molecule has 0 unspecified atom stereocenters. The first-order valence-electron chi connectivity index (χ1n) is 6.74. The van der Waals surface area contributed by atoms with Crippen LogP contribution in [0.15, 0.2) is 0 Å². The van der Waals surface area contributed by atoms with E-state index in [1.807, 2.05) is 13.8 Å². The number of carboxylic acids is 1. The van der Waals surface area contributed by atoms with Gasteiger partial charge in [-0.3, -0.25) is 4.90 Å². The van der Waals surface area contributed by atoms with Crippen LogP contribution in [0, 0.1) is 0 Å². The number of nitrogens with one attached hydrogen (secondary N) is 1. The molecule has 1 saturated heterocycles. The molecule has 0 amide bonds. The van der Waals surface area contributed by atoms with E-state index in [2.05, 4.69) is 15.2 Å². The summed E-state index contributed by atoms with van der Waals surface area (Å²) >= 11 is 1.54. The number of hydrogen-bond donors (Lipinski definition) is 2. The van der Waals surface area contributed by atoms with Crippen LogP contribution in [0.1, 0.15) is 46.6 Å². The molecule has 106 valence electrons. The van der Waals surface area contributed by atoms with E-state index in [1.165, 1.54) is 0 Å². The van der Waals surface area contributed by atoms with Gasteiger partial charge >= 0.3 is 5.97 Å². The molecule has 0 bridgehead atoms. The number of carboxylic acid groups (broad SMARTS) is 1. The van der Waals surface area contributed by atoms with Gasteiger partial charge in [0, 0.05) is 25.6 Å². The van der Waals surface area contributed by atoms with E-state index in [9.17, 15) is 9.90 Å². The maximum absolute atomic E-state index is 11.3. The van der Waals surface area contributed by atoms with Crippen molar-refractivity contribution < 1.29 is 9.90 Å². The summed E-state index contributed by atoms with van der Waals surface area (Å²) < 4.78 is 0. The highest BCUT2D eigenvalue weighted by Crippen LogP contribution is 2.26. The van der Waals surface area contributed by atoms with Crippen molar-refractivity contribution in [3.05, 3.63) is 15.6 Å². The monoisotopic (exact) mass is 283 g/mol.